The lowest BCUT2D eigenvalue weighted by atomic mass is 9.91. The van der Waals surface area contributed by atoms with Crippen LogP contribution in [-0.2, 0) is 14.3 Å². The molecule has 2 aromatic rings. The number of hydrogen-bond donors (Lipinski definition) is 2. The zero-order chi connectivity index (χ0) is 26.1. The van der Waals surface area contributed by atoms with Crippen LogP contribution in [0.5, 0.6) is 28.7 Å². The molecule has 2 rings (SSSR count). The van der Waals surface area contributed by atoms with Gasteiger partial charge in [0, 0.05) is 24.5 Å². The molecule has 11 nitrogen and oxygen atoms in total. The van der Waals surface area contributed by atoms with E-state index in [0.717, 1.165) is 0 Å². The van der Waals surface area contributed by atoms with Crippen LogP contribution in [0.25, 0.3) is 0 Å². The molecule has 1 amide bonds. The van der Waals surface area contributed by atoms with E-state index in [2.05, 4.69) is 5.32 Å². The maximum atomic E-state index is 13.0. The lowest BCUT2D eigenvalue weighted by molar-refractivity contribution is -0.137. The fourth-order valence-electron chi connectivity index (χ4n) is 3.54. The van der Waals surface area contributed by atoms with E-state index in [4.69, 9.17) is 28.4 Å². The summed E-state index contributed by atoms with van der Waals surface area (Å²) in [7, 11) is 8.35. The second kappa shape index (κ2) is 12.4. The Morgan fingerprint density at radius 3 is 1.77 bits per heavy atom. The molecule has 35 heavy (non-hydrogen) atoms. The highest BCUT2D eigenvalue weighted by atomic mass is 16.5. The van der Waals surface area contributed by atoms with Crippen molar-refractivity contribution < 1.29 is 47.9 Å². The topological polar surface area (TPSA) is 139 Å². The van der Waals surface area contributed by atoms with Crippen LogP contribution in [0.15, 0.2) is 24.3 Å². The van der Waals surface area contributed by atoms with Crippen LogP contribution in [0.2, 0.25) is 0 Å². The number of aliphatic carboxylic acids is 1. The normalized spacial score (nSPS) is 11.1. The zero-order valence-corrected chi connectivity index (χ0v) is 20.4. The first kappa shape index (κ1) is 27.1. The Kier molecular flexibility index (Phi) is 9.56. The third kappa shape index (κ3) is 6.46. The summed E-state index contributed by atoms with van der Waals surface area (Å²) in [4.78, 5) is 36.9. The fraction of sp³-hybridized carbons (Fsp3) is 0.375. The molecule has 0 aliphatic rings. The number of amides is 1. The fourth-order valence-corrected chi connectivity index (χ4v) is 3.54. The molecule has 0 fully saturated rings. The van der Waals surface area contributed by atoms with Crippen molar-refractivity contribution in [2.45, 2.75) is 18.8 Å². The Morgan fingerprint density at radius 1 is 0.771 bits per heavy atom. The minimum Gasteiger partial charge on any atom is -0.493 e. The SMILES string of the molecule is COC(=O)c1cc(OC)c(OC)cc1NC(=O)C[C@H](CC(=O)O)c1cc(OC)c(OC)c(OC)c1. The van der Waals surface area contributed by atoms with E-state index in [-0.39, 0.29) is 35.6 Å². The summed E-state index contributed by atoms with van der Waals surface area (Å²) in [6.45, 7) is 0. The van der Waals surface area contributed by atoms with Crippen molar-refractivity contribution in [3.8, 4) is 28.7 Å². The van der Waals surface area contributed by atoms with Crippen LogP contribution >= 0.6 is 0 Å². The van der Waals surface area contributed by atoms with Crippen molar-refractivity contribution in [3.63, 3.8) is 0 Å². The van der Waals surface area contributed by atoms with Crippen molar-refractivity contribution in [3.05, 3.63) is 35.4 Å². The van der Waals surface area contributed by atoms with Gasteiger partial charge < -0.3 is 38.8 Å². The Bertz CT molecular complexity index is 1060. The van der Waals surface area contributed by atoms with Gasteiger partial charge in [-0.25, -0.2) is 4.79 Å². The van der Waals surface area contributed by atoms with Crippen LogP contribution in [-0.4, -0.2) is 65.6 Å². The van der Waals surface area contributed by atoms with E-state index < -0.39 is 23.8 Å². The molecule has 190 valence electrons. The molecular weight excluding hydrogens is 462 g/mol. The molecule has 0 spiro atoms. The average Bonchev–Trinajstić information content (AvgIpc) is 2.86. The summed E-state index contributed by atoms with van der Waals surface area (Å²) in [5.41, 5.74) is 0.664. The number of nitrogens with one attached hydrogen (secondary N) is 1. The summed E-state index contributed by atoms with van der Waals surface area (Å²) in [6.07, 6.45) is -0.568. The van der Waals surface area contributed by atoms with Gasteiger partial charge in [0.25, 0.3) is 0 Å². The van der Waals surface area contributed by atoms with Crippen LogP contribution < -0.4 is 29.0 Å². The Labute approximate surface area is 202 Å². The maximum absolute atomic E-state index is 13.0. The molecular formula is C24H29NO10. The molecule has 0 aromatic heterocycles. The van der Waals surface area contributed by atoms with Crippen LogP contribution in [0.3, 0.4) is 0 Å². The predicted molar refractivity (Wildman–Crippen MR) is 125 cm³/mol. The smallest absolute Gasteiger partial charge is 0.340 e. The molecule has 0 bridgehead atoms. The molecule has 0 unspecified atom stereocenters. The summed E-state index contributed by atoms with van der Waals surface area (Å²) in [5.74, 6) is -1.55. The highest BCUT2D eigenvalue weighted by molar-refractivity contribution is 6.02. The average molecular weight is 491 g/mol. The second-order valence-electron chi connectivity index (χ2n) is 7.25. The first-order chi connectivity index (χ1) is 16.7. The number of esters is 1. The van der Waals surface area contributed by atoms with Gasteiger partial charge in [-0.3, -0.25) is 9.59 Å². The van der Waals surface area contributed by atoms with Crippen molar-refractivity contribution in [2.24, 2.45) is 0 Å². The highest BCUT2D eigenvalue weighted by Gasteiger charge is 2.25. The number of hydrogen-bond acceptors (Lipinski definition) is 9. The van der Waals surface area contributed by atoms with Crippen LogP contribution in [0, 0.1) is 0 Å². The number of benzene rings is 2. The summed E-state index contributed by atoms with van der Waals surface area (Å²) in [5, 5.41) is 12.1. The zero-order valence-electron chi connectivity index (χ0n) is 20.4. The first-order valence-corrected chi connectivity index (χ1v) is 10.4. The van der Waals surface area contributed by atoms with Gasteiger partial charge in [-0.1, -0.05) is 0 Å². The van der Waals surface area contributed by atoms with Gasteiger partial charge in [0.15, 0.2) is 23.0 Å². The maximum Gasteiger partial charge on any atom is 0.340 e. The Balaban J connectivity index is 2.43. The highest BCUT2D eigenvalue weighted by Crippen LogP contribution is 2.41. The number of methoxy groups -OCH3 is 6. The number of carboxylic acid groups (broad SMARTS) is 1. The van der Waals surface area contributed by atoms with E-state index in [1.807, 2.05) is 0 Å². The number of anilines is 1. The summed E-state index contributed by atoms with van der Waals surface area (Å²) >= 11 is 0. The van der Waals surface area contributed by atoms with Crippen molar-refractivity contribution in [2.75, 3.05) is 48.0 Å². The number of ether oxygens (including phenoxy) is 6. The van der Waals surface area contributed by atoms with E-state index in [9.17, 15) is 19.5 Å². The Hall–Kier alpha value is -4.15. The summed E-state index contributed by atoms with van der Waals surface area (Å²) in [6, 6.07) is 6.00. The molecule has 11 heteroatoms. The molecule has 2 N–H and O–H groups in total. The number of carbonyl (C=O) groups is 3. The monoisotopic (exact) mass is 491 g/mol. The largest absolute Gasteiger partial charge is 0.493 e. The second-order valence-corrected chi connectivity index (χ2v) is 7.25. The lowest BCUT2D eigenvalue weighted by Crippen LogP contribution is -2.20. The molecule has 2 aromatic carbocycles. The van der Waals surface area contributed by atoms with Gasteiger partial charge in [-0.15, -0.1) is 0 Å². The van der Waals surface area contributed by atoms with Crippen molar-refractivity contribution in [1.82, 2.24) is 0 Å². The molecule has 0 heterocycles. The predicted octanol–water partition coefficient (Wildman–Crippen LogP) is 3.10. The lowest BCUT2D eigenvalue weighted by Gasteiger charge is -2.20. The van der Waals surface area contributed by atoms with E-state index >= 15 is 0 Å². The van der Waals surface area contributed by atoms with Crippen molar-refractivity contribution >= 4 is 23.5 Å². The van der Waals surface area contributed by atoms with Gasteiger partial charge in [-0.2, -0.15) is 0 Å². The first-order valence-electron chi connectivity index (χ1n) is 10.4. The minimum absolute atomic E-state index is 0.0427. The minimum atomic E-state index is -1.10. The number of rotatable bonds is 12. The summed E-state index contributed by atoms with van der Waals surface area (Å²) < 4.78 is 31.3. The number of carbonyl (C=O) groups excluding carboxylic acids is 2. The van der Waals surface area contributed by atoms with E-state index in [1.165, 1.54) is 54.8 Å². The third-order valence-corrected chi connectivity index (χ3v) is 5.21. The molecule has 0 saturated carbocycles. The Morgan fingerprint density at radius 2 is 1.31 bits per heavy atom. The van der Waals surface area contributed by atoms with Gasteiger partial charge in [0.05, 0.1) is 60.3 Å². The standard InChI is InChI=1S/C24H29NO10/c1-30-17-11-15(24(29)35-6)16(12-18(17)31-2)25-21(26)9-14(10-22(27)28)13-7-19(32-3)23(34-5)20(8-13)33-4/h7-8,11-12,14H,9-10H2,1-6H3,(H,25,26)(H,27,28)/t14-/m1/s1. The molecule has 0 aliphatic carbocycles. The van der Waals surface area contributed by atoms with E-state index in [0.29, 0.717) is 22.8 Å². The van der Waals surface area contributed by atoms with Crippen molar-refractivity contribution in [1.29, 1.82) is 0 Å². The quantitative estimate of drug-likeness (QED) is 0.426. The van der Waals surface area contributed by atoms with Crippen LogP contribution in [0.4, 0.5) is 5.69 Å². The van der Waals surface area contributed by atoms with Gasteiger partial charge in [0.1, 0.15) is 0 Å². The molecule has 0 radical (unpaired) electrons. The van der Waals surface area contributed by atoms with Crippen LogP contribution in [0.1, 0.15) is 34.7 Å². The van der Waals surface area contributed by atoms with Gasteiger partial charge in [-0.05, 0) is 17.7 Å². The number of carboxylic acids is 1. The van der Waals surface area contributed by atoms with E-state index in [1.54, 1.807) is 12.1 Å². The molecule has 1 atom stereocenters. The third-order valence-electron chi connectivity index (χ3n) is 5.21. The van der Waals surface area contributed by atoms with Gasteiger partial charge in [0.2, 0.25) is 11.7 Å². The van der Waals surface area contributed by atoms with Gasteiger partial charge >= 0.3 is 11.9 Å². The molecule has 0 saturated heterocycles. The molecule has 0 aliphatic heterocycles.